The number of carbonyl (C=O) groups is 1. The minimum absolute atomic E-state index is 0.0132. The van der Waals surface area contributed by atoms with Crippen molar-refractivity contribution in [1.29, 1.82) is 0 Å². The molecule has 0 saturated heterocycles. The molecule has 0 bridgehead atoms. The SMILES string of the molecule is CCCC(Cl)CNC(=O)c1cc(Cl)ccc1I. The molecule has 0 radical (unpaired) electrons. The van der Waals surface area contributed by atoms with Gasteiger partial charge in [-0.15, -0.1) is 11.6 Å². The fraction of sp³-hybridized carbons (Fsp3) is 0.417. The van der Waals surface area contributed by atoms with Crippen LogP contribution in [0.5, 0.6) is 0 Å². The van der Waals surface area contributed by atoms with Gasteiger partial charge in [-0.25, -0.2) is 0 Å². The van der Waals surface area contributed by atoms with Crippen molar-refractivity contribution < 1.29 is 4.79 Å². The normalized spacial score (nSPS) is 12.2. The lowest BCUT2D eigenvalue weighted by Crippen LogP contribution is -2.30. The highest BCUT2D eigenvalue weighted by Gasteiger charge is 2.12. The second-order valence-electron chi connectivity index (χ2n) is 3.72. The summed E-state index contributed by atoms with van der Waals surface area (Å²) in [6, 6.07) is 5.26. The monoisotopic (exact) mass is 385 g/mol. The average molecular weight is 386 g/mol. The number of benzene rings is 1. The number of hydrogen-bond acceptors (Lipinski definition) is 1. The zero-order valence-corrected chi connectivity index (χ0v) is 13.1. The Kier molecular flexibility index (Phi) is 6.59. The molecule has 0 heterocycles. The van der Waals surface area contributed by atoms with E-state index in [0.29, 0.717) is 17.1 Å². The molecule has 5 heteroatoms. The highest BCUT2D eigenvalue weighted by atomic mass is 127. The van der Waals surface area contributed by atoms with E-state index in [1.54, 1.807) is 12.1 Å². The molecule has 0 spiro atoms. The van der Waals surface area contributed by atoms with E-state index in [1.165, 1.54) is 0 Å². The van der Waals surface area contributed by atoms with E-state index in [1.807, 2.05) is 6.07 Å². The van der Waals surface area contributed by atoms with Crippen LogP contribution in [-0.2, 0) is 0 Å². The Morgan fingerprint density at radius 3 is 2.88 bits per heavy atom. The van der Waals surface area contributed by atoms with E-state index in [9.17, 15) is 4.79 Å². The van der Waals surface area contributed by atoms with Crippen LogP contribution in [0.3, 0.4) is 0 Å². The highest BCUT2D eigenvalue weighted by molar-refractivity contribution is 14.1. The molecule has 1 N–H and O–H groups in total. The molecule has 1 atom stereocenters. The van der Waals surface area contributed by atoms with Gasteiger partial charge in [0.15, 0.2) is 0 Å². The van der Waals surface area contributed by atoms with Crippen LogP contribution in [0, 0.1) is 3.57 Å². The van der Waals surface area contributed by atoms with Crippen LogP contribution in [0.2, 0.25) is 5.02 Å². The Balaban J connectivity index is 2.61. The fourth-order valence-electron chi connectivity index (χ4n) is 1.39. The lowest BCUT2D eigenvalue weighted by atomic mass is 10.2. The molecule has 1 aromatic carbocycles. The van der Waals surface area contributed by atoms with Crippen molar-refractivity contribution in [3.05, 3.63) is 32.4 Å². The first kappa shape index (κ1) is 15.1. The van der Waals surface area contributed by atoms with Crippen LogP contribution in [0.4, 0.5) is 0 Å². The summed E-state index contributed by atoms with van der Waals surface area (Å²) >= 11 is 14.0. The third kappa shape index (κ3) is 5.02. The van der Waals surface area contributed by atoms with Gasteiger partial charge in [0.2, 0.25) is 0 Å². The molecular formula is C12H14Cl2INO. The van der Waals surface area contributed by atoms with E-state index in [0.717, 1.165) is 16.4 Å². The van der Waals surface area contributed by atoms with Crippen molar-refractivity contribution in [3.63, 3.8) is 0 Å². The van der Waals surface area contributed by atoms with Crippen molar-refractivity contribution in [2.75, 3.05) is 6.54 Å². The van der Waals surface area contributed by atoms with Crippen LogP contribution in [0.1, 0.15) is 30.1 Å². The predicted octanol–water partition coefficient (Wildman–Crippen LogP) is 4.08. The number of amides is 1. The highest BCUT2D eigenvalue weighted by Crippen LogP contribution is 2.17. The fourth-order valence-corrected chi connectivity index (χ4v) is 2.43. The van der Waals surface area contributed by atoms with Crippen LogP contribution in [0.25, 0.3) is 0 Å². The summed E-state index contributed by atoms with van der Waals surface area (Å²) in [5.74, 6) is -0.126. The van der Waals surface area contributed by atoms with Gasteiger partial charge >= 0.3 is 0 Å². The van der Waals surface area contributed by atoms with Crippen molar-refractivity contribution in [2.45, 2.75) is 25.1 Å². The maximum atomic E-state index is 11.9. The van der Waals surface area contributed by atoms with Crippen molar-refractivity contribution >= 4 is 51.7 Å². The Morgan fingerprint density at radius 1 is 1.53 bits per heavy atom. The summed E-state index contributed by atoms with van der Waals surface area (Å²) in [7, 11) is 0. The molecule has 1 aromatic rings. The molecule has 94 valence electrons. The van der Waals surface area contributed by atoms with Crippen LogP contribution in [-0.4, -0.2) is 17.8 Å². The molecule has 0 fully saturated rings. The number of halogens is 3. The molecule has 0 aliphatic rings. The van der Waals surface area contributed by atoms with Gasteiger partial charge < -0.3 is 5.32 Å². The molecule has 1 rings (SSSR count). The lowest BCUT2D eigenvalue weighted by Gasteiger charge is -2.10. The number of alkyl halides is 1. The first-order valence-electron chi connectivity index (χ1n) is 5.42. The first-order chi connectivity index (χ1) is 8.04. The summed E-state index contributed by atoms with van der Waals surface area (Å²) in [4.78, 5) is 11.9. The van der Waals surface area contributed by atoms with Crippen molar-refractivity contribution in [1.82, 2.24) is 5.32 Å². The van der Waals surface area contributed by atoms with Gasteiger partial charge in [0.25, 0.3) is 5.91 Å². The van der Waals surface area contributed by atoms with Gasteiger partial charge in [-0.1, -0.05) is 24.9 Å². The lowest BCUT2D eigenvalue weighted by molar-refractivity contribution is 0.0952. The smallest absolute Gasteiger partial charge is 0.252 e. The minimum Gasteiger partial charge on any atom is -0.351 e. The standard InChI is InChI=1S/C12H14Cl2INO/c1-2-3-9(14)7-16-12(17)10-6-8(13)4-5-11(10)15/h4-6,9H,2-3,7H2,1H3,(H,16,17). The first-order valence-corrected chi connectivity index (χ1v) is 7.31. The van der Waals surface area contributed by atoms with E-state index >= 15 is 0 Å². The van der Waals surface area contributed by atoms with E-state index in [2.05, 4.69) is 34.8 Å². The zero-order chi connectivity index (χ0) is 12.8. The summed E-state index contributed by atoms with van der Waals surface area (Å²) in [6.45, 7) is 2.55. The molecule has 0 aliphatic carbocycles. The number of rotatable bonds is 5. The summed E-state index contributed by atoms with van der Waals surface area (Å²) < 4.78 is 0.881. The van der Waals surface area contributed by atoms with Crippen molar-refractivity contribution in [2.24, 2.45) is 0 Å². The van der Waals surface area contributed by atoms with Crippen LogP contribution >= 0.6 is 45.8 Å². The summed E-state index contributed by atoms with van der Waals surface area (Å²) in [5, 5.41) is 3.37. The summed E-state index contributed by atoms with van der Waals surface area (Å²) in [5.41, 5.74) is 0.596. The topological polar surface area (TPSA) is 29.1 Å². The predicted molar refractivity (Wildman–Crippen MR) is 81.1 cm³/mol. The Labute approximate surface area is 125 Å². The number of hydrogen-bond donors (Lipinski definition) is 1. The van der Waals surface area contributed by atoms with Gasteiger partial charge in [-0.2, -0.15) is 0 Å². The molecule has 0 saturated carbocycles. The second kappa shape index (κ2) is 7.44. The molecule has 1 unspecified atom stereocenters. The average Bonchev–Trinajstić information content (AvgIpc) is 2.29. The largest absolute Gasteiger partial charge is 0.351 e. The third-order valence-corrected chi connectivity index (χ3v) is 3.81. The molecule has 17 heavy (non-hydrogen) atoms. The van der Waals surface area contributed by atoms with Gasteiger partial charge in [0.05, 0.1) is 10.9 Å². The molecule has 2 nitrogen and oxygen atoms in total. The van der Waals surface area contributed by atoms with E-state index in [4.69, 9.17) is 23.2 Å². The van der Waals surface area contributed by atoms with Gasteiger partial charge in [-0.3, -0.25) is 4.79 Å². The minimum atomic E-state index is -0.126. The number of carbonyl (C=O) groups excluding carboxylic acids is 1. The Morgan fingerprint density at radius 2 is 2.24 bits per heavy atom. The maximum Gasteiger partial charge on any atom is 0.252 e. The van der Waals surface area contributed by atoms with E-state index < -0.39 is 0 Å². The maximum absolute atomic E-state index is 11.9. The molecule has 0 aromatic heterocycles. The van der Waals surface area contributed by atoms with E-state index in [-0.39, 0.29) is 11.3 Å². The van der Waals surface area contributed by atoms with Gasteiger partial charge in [-0.05, 0) is 47.2 Å². The summed E-state index contributed by atoms with van der Waals surface area (Å²) in [6.07, 6.45) is 1.91. The van der Waals surface area contributed by atoms with Crippen LogP contribution < -0.4 is 5.32 Å². The third-order valence-electron chi connectivity index (χ3n) is 2.26. The Bertz CT molecular complexity index is 398. The quantitative estimate of drug-likeness (QED) is 0.600. The molecule has 0 aliphatic heterocycles. The second-order valence-corrected chi connectivity index (χ2v) is 5.94. The zero-order valence-electron chi connectivity index (χ0n) is 9.47. The molecular weight excluding hydrogens is 372 g/mol. The van der Waals surface area contributed by atoms with Crippen LogP contribution in [0.15, 0.2) is 18.2 Å². The van der Waals surface area contributed by atoms with Gasteiger partial charge in [0, 0.05) is 15.1 Å². The number of nitrogens with one attached hydrogen (secondary N) is 1. The van der Waals surface area contributed by atoms with Crippen molar-refractivity contribution in [3.8, 4) is 0 Å². The van der Waals surface area contributed by atoms with Gasteiger partial charge in [0.1, 0.15) is 0 Å². The molecule has 1 amide bonds. The Hall–Kier alpha value is -0.000000000000000111.